The second kappa shape index (κ2) is 7.17. The summed E-state index contributed by atoms with van der Waals surface area (Å²) in [5, 5.41) is 2.81. The van der Waals surface area contributed by atoms with Gasteiger partial charge in [-0.05, 0) is 36.2 Å². The number of rotatable bonds is 5. The Hall–Kier alpha value is -2.82. The molecule has 0 aromatic heterocycles. The van der Waals surface area contributed by atoms with Gasteiger partial charge in [0.2, 0.25) is 0 Å². The molecule has 0 unspecified atom stereocenters. The molecule has 0 spiro atoms. The molecule has 0 saturated heterocycles. The van der Waals surface area contributed by atoms with E-state index in [1.807, 2.05) is 37.3 Å². The van der Waals surface area contributed by atoms with Crippen LogP contribution < -0.4 is 10.1 Å². The minimum atomic E-state index is -0.507. The minimum Gasteiger partial charge on any atom is -0.493 e. The molecule has 0 saturated carbocycles. The third-order valence-electron chi connectivity index (χ3n) is 3.94. The number of benzene rings is 2. The van der Waals surface area contributed by atoms with E-state index in [0.29, 0.717) is 12.2 Å². The molecule has 1 atom stereocenters. The van der Waals surface area contributed by atoms with Crippen molar-refractivity contribution in [3.05, 3.63) is 65.2 Å². The first-order valence-corrected chi connectivity index (χ1v) is 7.90. The Morgan fingerprint density at radius 1 is 1.21 bits per heavy atom. The average Bonchev–Trinajstić information content (AvgIpc) is 3.08. The Morgan fingerprint density at radius 3 is 2.79 bits per heavy atom. The van der Waals surface area contributed by atoms with E-state index in [2.05, 4.69) is 5.32 Å². The summed E-state index contributed by atoms with van der Waals surface area (Å²) in [6.45, 7) is 2.22. The molecule has 2 aromatic rings. The highest BCUT2D eigenvalue weighted by atomic mass is 16.5. The van der Waals surface area contributed by atoms with Crippen molar-refractivity contribution in [1.29, 1.82) is 0 Å². The number of esters is 1. The Kier molecular flexibility index (Phi) is 4.79. The number of carbonyl (C=O) groups is 2. The van der Waals surface area contributed by atoms with Gasteiger partial charge in [-0.15, -0.1) is 0 Å². The van der Waals surface area contributed by atoms with Crippen molar-refractivity contribution >= 4 is 11.9 Å². The van der Waals surface area contributed by atoms with Crippen LogP contribution in [0.5, 0.6) is 5.75 Å². The largest absolute Gasteiger partial charge is 0.493 e. The summed E-state index contributed by atoms with van der Waals surface area (Å²) >= 11 is 0. The Balaban J connectivity index is 1.51. The first-order chi connectivity index (χ1) is 11.6. The zero-order valence-electron chi connectivity index (χ0n) is 13.5. The molecule has 0 radical (unpaired) electrons. The lowest BCUT2D eigenvalue weighted by molar-refractivity contribution is -0.124. The number of amides is 1. The maximum absolute atomic E-state index is 12.1. The van der Waals surface area contributed by atoms with E-state index in [1.165, 1.54) is 0 Å². The van der Waals surface area contributed by atoms with Gasteiger partial charge in [0.1, 0.15) is 5.75 Å². The molecular weight excluding hydrogens is 306 g/mol. The molecule has 124 valence electrons. The molecule has 1 aliphatic rings. The summed E-state index contributed by atoms with van der Waals surface area (Å²) in [5.74, 6) is -0.0302. The highest BCUT2D eigenvalue weighted by Gasteiger charge is 2.17. The lowest BCUT2D eigenvalue weighted by atomic mass is 10.1. The molecule has 3 rings (SSSR count). The third kappa shape index (κ3) is 3.74. The van der Waals surface area contributed by atoms with Gasteiger partial charge in [-0.3, -0.25) is 4.79 Å². The summed E-state index contributed by atoms with van der Waals surface area (Å²) in [7, 11) is 0. The molecule has 1 amide bonds. The monoisotopic (exact) mass is 325 g/mol. The summed E-state index contributed by atoms with van der Waals surface area (Å²) in [6, 6.07) is 14.6. The number of carbonyl (C=O) groups excluding carboxylic acids is 2. The molecule has 5 nitrogen and oxygen atoms in total. The standard InChI is InChI=1S/C19H19NO4/c1-13(14-5-3-2-4-6-14)20-18(21)12-24-19(22)16-7-8-17-15(11-16)9-10-23-17/h2-8,11,13H,9-10,12H2,1H3,(H,20,21)/t13-/m1/s1. The number of hydrogen-bond acceptors (Lipinski definition) is 4. The van der Waals surface area contributed by atoms with Crippen LogP contribution in [0, 0.1) is 0 Å². The Bertz CT molecular complexity index is 742. The predicted molar refractivity (Wildman–Crippen MR) is 88.9 cm³/mol. The van der Waals surface area contributed by atoms with Crippen LogP contribution in [0.2, 0.25) is 0 Å². The number of nitrogens with one attached hydrogen (secondary N) is 1. The number of hydrogen-bond donors (Lipinski definition) is 1. The zero-order valence-corrected chi connectivity index (χ0v) is 13.5. The summed E-state index contributed by atoms with van der Waals surface area (Å²) < 4.78 is 10.5. The van der Waals surface area contributed by atoms with Gasteiger partial charge >= 0.3 is 5.97 Å². The van der Waals surface area contributed by atoms with Crippen LogP contribution in [-0.4, -0.2) is 25.1 Å². The van der Waals surface area contributed by atoms with E-state index >= 15 is 0 Å². The SMILES string of the molecule is C[C@@H](NC(=O)COC(=O)c1ccc2c(c1)CCO2)c1ccccc1. The highest BCUT2D eigenvalue weighted by Crippen LogP contribution is 2.26. The van der Waals surface area contributed by atoms with Crippen molar-refractivity contribution in [2.45, 2.75) is 19.4 Å². The summed E-state index contributed by atoms with van der Waals surface area (Å²) in [5.41, 5.74) is 2.42. The van der Waals surface area contributed by atoms with Gasteiger partial charge in [-0.2, -0.15) is 0 Å². The van der Waals surface area contributed by atoms with E-state index in [4.69, 9.17) is 9.47 Å². The first kappa shape index (κ1) is 16.1. The first-order valence-electron chi connectivity index (χ1n) is 7.90. The molecule has 1 aliphatic heterocycles. The van der Waals surface area contributed by atoms with Crippen LogP contribution in [0.3, 0.4) is 0 Å². The fourth-order valence-corrected chi connectivity index (χ4v) is 2.64. The van der Waals surface area contributed by atoms with E-state index in [1.54, 1.807) is 18.2 Å². The van der Waals surface area contributed by atoms with Crippen LogP contribution in [0.1, 0.15) is 34.5 Å². The van der Waals surface area contributed by atoms with Crippen molar-refractivity contribution in [2.75, 3.05) is 13.2 Å². The van der Waals surface area contributed by atoms with Crippen molar-refractivity contribution in [3.8, 4) is 5.75 Å². The highest BCUT2D eigenvalue weighted by molar-refractivity contribution is 5.91. The van der Waals surface area contributed by atoms with E-state index in [9.17, 15) is 9.59 Å². The third-order valence-corrected chi connectivity index (χ3v) is 3.94. The predicted octanol–water partition coefficient (Wildman–Crippen LogP) is 2.66. The second-order valence-corrected chi connectivity index (χ2v) is 5.70. The van der Waals surface area contributed by atoms with Gasteiger partial charge in [0.25, 0.3) is 5.91 Å². The van der Waals surface area contributed by atoms with Gasteiger partial charge in [-0.25, -0.2) is 4.79 Å². The van der Waals surface area contributed by atoms with Gasteiger partial charge in [0.05, 0.1) is 18.2 Å². The maximum atomic E-state index is 12.1. The van der Waals surface area contributed by atoms with Crippen molar-refractivity contribution in [3.63, 3.8) is 0 Å². The Labute approximate surface area is 140 Å². The normalized spacial score (nSPS) is 13.5. The molecular formula is C19H19NO4. The fraction of sp³-hybridized carbons (Fsp3) is 0.263. The van der Waals surface area contributed by atoms with Crippen LogP contribution in [-0.2, 0) is 16.0 Å². The summed E-state index contributed by atoms with van der Waals surface area (Å²) in [6.07, 6.45) is 0.783. The average molecular weight is 325 g/mol. The molecule has 0 bridgehead atoms. The van der Waals surface area contributed by atoms with Gasteiger partial charge < -0.3 is 14.8 Å². The van der Waals surface area contributed by atoms with Crippen molar-refractivity contribution < 1.29 is 19.1 Å². The van der Waals surface area contributed by atoms with Crippen LogP contribution in [0.25, 0.3) is 0 Å². The van der Waals surface area contributed by atoms with E-state index < -0.39 is 5.97 Å². The van der Waals surface area contributed by atoms with Crippen LogP contribution >= 0.6 is 0 Å². The second-order valence-electron chi connectivity index (χ2n) is 5.70. The van der Waals surface area contributed by atoms with Crippen molar-refractivity contribution in [2.24, 2.45) is 0 Å². The smallest absolute Gasteiger partial charge is 0.338 e. The van der Waals surface area contributed by atoms with Gasteiger partial charge in [0.15, 0.2) is 6.61 Å². The Morgan fingerprint density at radius 2 is 2.00 bits per heavy atom. The van der Waals surface area contributed by atoms with Crippen LogP contribution in [0.15, 0.2) is 48.5 Å². The van der Waals surface area contributed by atoms with Crippen molar-refractivity contribution in [1.82, 2.24) is 5.32 Å². The topological polar surface area (TPSA) is 64.6 Å². The molecule has 24 heavy (non-hydrogen) atoms. The molecule has 1 heterocycles. The zero-order chi connectivity index (χ0) is 16.9. The molecule has 0 fully saturated rings. The maximum Gasteiger partial charge on any atom is 0.338 e. The quantitative estimate of drug-likeness (QED) is 0.859. The number of fused-ring (bicyclic) bond motifs is 1. The van der Waals surface area contributed by atoms with E-state index in [0.717, 1.165) is 23.3 Å². The minimum absolute atomic E-state index is 0.144. The van der Waals surface area contributed by atoms with Gasteiger partial charge in [0, 0.05) is 6.42 Å². The van der Waals surface area contributed by atoms with Crippen LogP contribution in [0.4, 0.5) is 0 Å². The molecule has 0 aliphatic carbocycles. The van der Waals surface area contributed by atoms with E-state index in [-0.39, 0.29) is 18.6 Å². The lowest BCUT2D eigenvalue weighted by Crippen LogP contribution is -2.31. The summed E-state index contributed by atoms with van der Waals surface area (Å²) in [4.78, 5) is 24.0. The lowest BCUT2D eigenvalue weighted by Gasteiger charge is -2.14. The molecule has 1 N–H and O–H groups in total. The molecule has 5 heteroatoms. The number of ether oxygens (including phenoxy) is 2. The molecule has 2 aromatic carbocycles. The fourth-order valence-electron chi connectivity index (χ4n) is 2.64. The van der Waals surface area contributed by atoms with Gasteiger partial charge in [-0.1, -0.05) is 30.3 Å².